The van der Waals surface area contributed by atoms with Crippen LogP contribution in [0, 0.1) is 11.5 Å². The van der Waals surface area contributed by atoms with Crippen LogP contribution in [0.4, 0.5) is 0 Å². The molecule has 0 fully saturated rings. The van der Waals surface area contributed by atoms with E-state index < -0.39 is 8.07 Å². The zero-order chi connectivity index (χ0) is 13.6. The van der Waals surface area contributed by atoms with E-state index in [1.807, 2.05) is 0 Å². The summed E-state index contributed by atoms with van der Waals surface area (Å²) in [7, 11) is -1.51. The molecule has 0 aliphatic heterocycles. The molecule has 0 bridgehead atoms. The standard InChI is InChI=1S/C16H25Si2/c1-17(2)16-13-9-8-12-15(16)11-7-6-10-14-18(3,4)5/h8-9,12-13H,6-7,11H2,1-5H3. The van der Waals surface area contributed by atoms with Crippen molar-refractivity contribution in [2.24, 2.45) is 0 Å². The summed E-state index contributed by atoms with van der Waals surface area (Å²) in [4.78, 5) is 0. The highest BCUT2D eigenvalue weighted by Crippen LogP contribution is 2.05. The second kappa shape index (κ2) is 6.96. The van der Waals surface area contributed by atoms with Gasteiger partial charge >= 0.3 is 0 Å². The van der Waals surface area contributed by atoms with Gasteiger partial charge in [-0.05, 0) is 18.4 Å². The fourth-order valence-corrected chi connectivity index (χ4v) is 3.86. The highest BCUT2D eigenvalue weighted by atomic mass is 28.3. The van der Waals surface area contributed by atoms with Gasteiger partial charge in [-0.25, -0.2) is 0 Å². The third kappa shape index (κ3) is 5.70. The molecule has 0 aliphatic rings. The van der Waals surface area contributed by atoms with Crippen LogP contribution in [0.3, 0.4) is 0 Å². The fourth-order valence-electron chi connectivity index (χ4n) is 1.92. The zero-order valence-corrected chi connectivity index (χ0v) is 14.4. The topological polar surface area (TPSA) is 0 Å². The van der Waals surface area contributed by atoms with Gasteiger partial charge in [-0.3, -0.25) is 0 Å². The van der Waals surface area contributed by atoms with E-state index in [4.69, 9.17) is 0 Å². The van der Waals surface area contributed by atoms with Crippen molar-refractivity contribution in [3.63, 3.8) is 0 Å². The first-order chi connectivity index (χ1) is 8.40. The van der Waals surface area contributed by atoms with Crippen LogP contribution in [0.25, 0.3) is 0 Å². The summed E-state index contributed by atoms with van der Waals surface area (Å²) in [5, 5.41) is 1.60. The number of hydrogen-bond donors (Lipinski definition) is 0. The molecule has 97 valence electrons. The van der Waals surface area contributed by atoms with Crippen molar-refractivity contribution in [2.75, 3.05) is 0 Å². The van der Waals surface area contributed by atoms with Crippen molar-refractivity contribution in [1.82, 2.24) is 0 Å². The smallest absolute Gasteiger partial charge is 0.129 e. The summed E-state index contributed by atoms with van der Waals surface area (Å²) < 4.78 is 0. The van der Waals surface area contributed by atoms with Gasteiger partial charge < -0.3 is 0 Å². The van der Waals surface area contributed by atoms with E-state index in [9.17, 15) is 0 Å². The average molecular weight is 274 g/mol. The molecule has 0 nitrogen and oxygen atoms in total. The van der Waals surface area contributed by atoms with Crippen molar-refractivity contribution >= 4 is 22.1 Å². The Morgan fingerprint density at radius 3 is 2.39 bits per heavy atom. The Labute approximate surface area is 115 Å². The number of unbranched alkanes of at least 4 members (excludes halogenated alkanes) is 1. The van der Waals surface area contributed by atoms with Crippen LogP contribution in [0.2, 0.25) is 32.7 Å². The maximum absolute atomic E-state index is 3.44. The van der Waals surface area contributed by atoms with Gasteiger partial charge in [0.15, 0.2) is 0 Å². The summed E-state index contributed by atoms with van der Waals surface area (Å²) in [6.45, 7) is 11.7. The molecular weight excluding hydrogens is 248 g/mol. The second-order valence-electron chi connectivity index (χ2n) is 6.06. The third-order valence-electron chi connectivity index (χ3n) is 2.77. The first-order valence-electron chi connectivity index (χ1n) is 6.78. The number of aryl methyl sites for hydroxylation is 1. The molecule has 0 aromatic heterocycles. The number of benzene rings is 1. The van der Waals surface area contributed by atoms with E-state index in [0.29, 0.717) is 0 Å². The predicted octanol–water partition coefficient (Wildman–Crippen LogP) is 3.85. The Balaban J connectivity index is 2.51. The van der Waals surface area contributed by atoms with E-state index in [1.165, 1.54) is 12.8 Å². The molecule has 0 saturated carbocycles. The summed E-state index contributed by atoms with van der Waals surface area (Å²) >= 11 is 0. The molecule has 0 aliphatic carbocycles. The zero-order valence-electron chi connectivity index (χ0n) is 12.4. The summed E-state index contributed by atoms with van der Waals surface area (Å²) in [6, 6.07) is 8.93. The van der Waals surface area contributed by atoms with Crippen LogP contribution in [-0.4, -0.2) is 16.9 Å². The van der Waals surface area contributed by atoms with E-state index >= 15 is 0 Å². The minimum absolute atomic E-state index is 0.336. The van der Waals surface area contributed by atoms with Crippen molar-refractivity contribution in [2.45, 2.75) is 52.0 Å². The summed E-state index contributed by atoms with van der Waals surface area (Å²) in [6.07, 6.45) is 3.43. The predicted molar refractivity (Wildman–Crippen MR) is 87.6 cm³/mol. The van der Waals surface area contributed by atoms with E-state index in [-0.39, 0.29) is 8.80 Å². The van der Waals surface area contributed by atoms with Gasteiger partial charge in [-0.1, -0.05) is 62.2 Å². The van der Waals surface area contributed by atoms with Crippen LogP contribution >= 0.6 is 0 Å². The lowest BCUT2D eigenvalue weighted by Gasteiger charge is -2.10. The molecule has 1 aromatic carbocycles. The summed E-state index contributed by atoms with van der Waals surface area (Å²) in [5.41, 5.74) is 4.99. The SMILES string of the molecule is C[Si](C)c1ccccc1CCCC#C[Si](C)(C)C. The molecule has 0 unspecified atom stereocenters. The molecule has 0 saturated heterocycles. The van der Waals surface area contributed by atoms with Crippen molar-refractivity contribution in [1.29, 1.82) is 0 Å². The molecule has 0 amide bonds. The molecule has 1 aromatic rings. The lowest BCUT2D eigenvalue weighted by molar-refractivity contribution is 0.861. The Kier molecular flexibility index (Phi) is 5.91. The highest BCUT2D eigenvalue weighted by Gasteiger charge is 2.08. The molecule has 0 heterocycles. The molecule has 0 N–H and O–H groups in total. The van der Waals surface area contributed by atoms with Crippen LogP contribution in [0.5, 0.6) is 0 Å². The van der Waals surface area contributed by atoms with Crippen molar-refractivity contribution in [3.05, 3.63) is 29.8 Å². The van der Waals surface area contributed by atoms with Crippen LogP contribution in [0.1, 0.15) is 18.4 Å². The molecule has 18 heavy (non-hydrogen) atoms. The third-order valence-corrected chi connectivity index (χ3v) is 5.26. The molecule has 0 atom stereocenters. The van der Waals surface area contributed by atoms with Gasteiger partial charge in [-0.15, -0.1) is 11.5 Å². The Morgan fingerprint density at radius 1 is 1.11 bits per heavy atom. The van der Waals surface area contributed by atoms with Gasteiger partial charge in [0.1, 0.15) is 8.07 Å². The maximum Gasteiger partial charge on any atom is 0.129 e. The van der Waals surface area contributed by atoms with Gasteiger partial charge in [0.05, 0.1) is 8.80 Å². The van der Waals surface area contributed by atoms with E-state index in [2.05, 4.69) is 68.5 Å². The van der Waals surface area contributed by atoms with Crippen molar-refractivity contribution in [3.8, 4) is 11.5 Å². The van der Waals surface area contributed by atoms with Gasteiger partial charge in [0.2, 0.25) is 0 Å². The first kappa shape index (κ1) is 15.3. The Hall–Kier alpha value is -0.786. The molecule has 0 spiro atoms. The minimum Gasteiger partial charge on any atom is -0.132 e. The number of hydrogen-bond acceptors (Lipinski definition) is 0. The lowest BCUT2D eigenvalue weighted by atomic mass is 10.1. The highest BCUT2D eigenvalue weighted by molar-refractivity contribution is 6.83. The lowest BCUT2D eigenvalue weighted by Crippen LogP contribution is -2.26. The van der Waals surface area contributed by atoms with Gasteiger partial charge in [0, 0.05) is 6.42 Å². The van der Waals surface area contributed by atoms with Crippen LogP contribution in [-0.2, 0) is 6.42 Å². The quantitative estimate of drug-likeness (QED) is 0.444. The monoisotopic (exact) mass is 273 g/mol. The largest absolute Gasteiger partial charge is 0.132 e. The fraction of sp³-hybridized carbons (Fsp3) is 0.500. The van der Waals surface area contributed by atoms with Crippen molar-refractivity contribution < 1.29 is 0 Å². The maximum atomic E-state index is 3.44. The summed E-state index contributed by atoms with van der Waals surface area (Å²) in [5.74, 6) is 3.36. The number of rotatable bonds is 4. The minimum atomic E-state index is -1.17. The molecular formula is C16H25Si2. The van der Waals surface area contributed by atoms with Gasteiger partial charge in [-0.2, -0.15) is 0 Å². The van der Waals surface area contributed by atoms with Gasteiger partial charge in [0.25, 0.3) is 0 Å². The molecule has 2 heteroatoms. The average Bonchev–Trinajstić information content (AvgIpc) is 2.27. The molecule has 1 radical (unpaired) electrons. The second-order valence-corrected chi connectivity index (χ2v) is 13.4. The Bertz CT molecular complexity index is 430. The first-order valence-corrected chi connectivity index (χ1v) is 12.8. The Morgan fingerprint density at radius 2 is 1.78 bits per heavy atom. The van der Waals surface area contributed by atoms with Crippen LogP contribution < -0.4 is 5.19 Å². The van der Waals surface area contributed by atoms with Crippen LogP contribution in [0.15, 0.2) is 24.3 Å². The van der Waals surface area contributed by atoms with E-state index in [1.54, 1.807) is 10.8 Å². The molecule has 1 rings (SSSR count). The van der Waals surface area contributed by atoms with E-state index in [0.717, 1.165) is 6.42 Å². The normalized spacial score (nSPS) is 11.2.